The Hall–Kier alpha value is -2.24. The number of esters is 1. The Balaban J connectivity index is 2.30. The van der Waals surface area contributed by atoms with Gasteiger partial charge in [-0.3, -0.25) is 0 Å². The third-order valence-corrected chi connectivity index (χ3v) is 2.47. The van der Waals surface area contributed by atoms with Crippen molar-refractivity contribution < 1.29 is 27.1 Å². The van der Waals surface area contributed by atoms with Gasteiger partial charge in [-0.1, -0.05) is 12.1 Å². The number of para-hydroxylation sites is 1. The van der Waals surface area contributed by atoms with Gasteiger partial charge in [-0.2, -0.15) is 13.2 Å². The van der Waals surface area contributed by atoms with Gasteiger partial charge in [0.2, 0.25) is 0 Å². The van der Waals surface area contributed by atoms with Crippen molar-refractivity contribution in [2.24, 2.45) is 0 Å². The number of ether oxygens (including phenoxy) is 1. The van der Waals surface area contributed by atoms with E-state index in [1.165, 1.54) is 31.4 Å². The van der Waals surface area contributed by atoms with Gasteiger partial charge in [0.1, 0.15) is 17.1 Å². The van der Waals surface area contributed by atoms with Crippen LogP contribution in [0.4, 0.5) is 13.2 Å². The van der Waals surface area contributed by atoms with E-state index in [4.69, 9.17) is 9.15 Å². The van der Waals surface area contributed by atoms with E-state index in [0.717, 1.165) is 12.1 Å². The van der Waals surface area contributed by atoms with Gasteiger partial charge >= 0.3 is 12.1 Å². The van der Waals surface area contributed by atoms with Crippen LogP contribution in [0.1, 0.15) is 21.7 Å². The number of carbonyl (C=O) groups excluding carboxylic acids is 1. The number of halogens is 3. The molecule has 2 rings (SSSR count). The molecular formula is C13H9F3O3. The first-order valence-corrected chi connectivity index (χ1v) is 5.32. The Kier molecular flexibility index (Phi) is 3.33. The van der Waals surface area contributed by atoms with Gasteiger partial charge in [0.15, 0.2) is 0 Å². The smallest absolute Gasteiger partial charge is 0.419 e. The number of hydrogen-bond acceptors (Lipinski definition) is 3. The Morgan fingerprint density at radius 1 is 1.21 bits per heavy atom. The fourth-order valence-electron chi connectivity index (χ4n) is 1.54. The lowest BCUT2D eigenvalue weighted by atomic mass is 10.2. The van der Waals surface area contributed by atoms with Crippen LogP contribution < -0.4 is 4.74 Å². The van der Waals surface area contributed by atoms with Crippen LogP contribution in [-0.4, -0.2) is 5.97 Å². The third kappa shape index (κ3) is 2.78. The van der Waals surface area contributed by atoms with Crippen LogP contribution in [0, 0.1) is 6.92 Å². The fraction of sp³-hybridized carbons (Fsp3) is 0.154. The molecule has 0 unspecified atom stereocenters. The second kappa shape index (κ2) is 4.79. The van der Waals surface area contributed by atoms with Crippen molar-refractivity contribution in [3.63, 3.8) is 0 Å². The van der Waals surface area contributed by atoms with E-state index >= 15 is 0 Å². The molecule has 0 N–H and O–H groups in total. The molecule has 2 aromatic rings. The monoisotopic (exact) mass is 270 g/mol. The summed E-state index contributed by atoms with van der Waals surface area (Å²) in [5.74, 6) is -1.13. The highest BCUT2D eigenvalue weighted by Gasteiger charge is 2.34. The molecule has 100 valence electrons. The highest BCUT2D eigenvalue weighted by atomic mass is 19.4. The molecule has 0 saturated carbocycles. The first-order valence-electron chi connectivity index (χ1n) is 5.32. The molecule has 0 aliphatic carbocycles. The minimum atomic E-state index is -4.58. The second-order valence-corrected chi connectivity index (χ2v) is 3.77. The van der Waals surface area contributed by atoms with Crippen LogP contribution in [0.5, 0.6) is 5.75 Å². The second-order valence-electron chi connectivity index (χ2n) is 3.77. The van der Waals surface area contributed by atoms with Crippen LogP contribution in [0.15, 0.2) is 41.0 Å². The molecule has 6 heteroatoms. The number of carbonyl (C=O) groups is 1. The summed E-state index contributed by atoms with van der Waals surface area (Å²) in [7, 11) is 0. The van der Waals surface area contributed by atoms with Gasteiger partial charge in [0.05, 0.1) is 11.8 Å². The van der Waals surface area contributed by atoms with E-state index in [-0.39, 0.29) is 11.3 Å². The molecule has 0 aliphatic heterocycles. The zero-order valence-corrected chi connectivity index (χ0v) is 9.82. The van der Waals surface area contributed by atoms with Crippen LogP contribution in [0.2, 0.25) is 0 Å². The minimum Gasteiger partial charge on any atom is -0.469 e. The molecule has 0 aliphatic rings. The standard InChI is InChI=1S/C13H9F3O3/c1-8-9(6-7-18-8)12(17)19-11-5-3-2-4-10(11)13(14,15)16/h2-7H,1H3. The van der Waals surface area contributed by atoms with Gasteiger partial charge in [-0.05, 0) is 25.1 Å². The number of hydrogen-bond donors (Lipinski definition) is 0. The fourth-order valence-corrected chi connectivity index (χ4v) is 1.54. The molecule has 0 bridgehead atoms. The Bertz CT molecular complexity index is 599. The lowest BCUT2D eigenvalue weighted by molar-refractivity contribution is -0.138. The molecule has 1 aromatic carbocycles. The molecule has 0 atom stereocenters. The first kappa shape index (κ1) is 13.2. The summed E-state index contributed by atoms with van der Waals surface area (Å²) >= 11 is 0. The normalized spacial score (nSPS) is 11.4. The molecule has 3 nitrogen and oxygen atoms in total. The number of furan rings is 1. The predicted octanol–water partition coefficient (Wildman–Crippen LogP) is 3.83. The SMILES string of the molecule is Cc1occc1C(=O)Oc1ccccc1C(F)(F)F. The summed E-state index contributed by atoms with van der Waals surface area (Å²) in [4.78, 5) is 11.7. The van der Waals surface area contributed by atoms with Crippen molar-refractivity contribution in [2.45, 2.75) is 13.1 Å². The first-order chi connectivity index (χ1) is 8.89. The van der Waals surface area contributed by atoms with Gasteiger partial charge in [-0.15, -0.1) is 0 Å². The number of aryl methyl sites for hydroxylation is 1. The van der Waals surface area contributed by atoms with Crippen LogP contribution in [0.3, 0.4) is 0 Å². The van der Waals surface area contributed by atoms with E-state index in [1.54, 1.807) is 0 Å². The lowest BCUT2D eigenvalue weighted by Crippen LogP contribution is -2.13. The summed E-state index contributed by atoms with van der Waals surface area (Å²) < 4.78 is 47.8. The van der Waals surface area contributed by atoms with Gasteiger partial charge < -0.3 is 9.15 Å². The molecule has 19 heavy (non-hydrogen) atoms. The molecule has 0 radical (unpaired) electrons. The van der Waals surface area contributed by atoms with Crippen molar-refractivity contribution in [3.8, 4) is 5.75 Å². The molecule has 0 saturated heterocycles. The van der Waals surface area contributed by atoms with Crippen molar-refractivity contribution in [1.82, 2.24) is 0 Å². The predicted molar refractivity (Wildman–Crippen MR) is 59.8 cm³/mol. The summed E-state index contributed by atoms with van der Waals surface area (Å²) in [5, 5.41) is 0. The van der Waals surface area contributed by atoms with Crippen LogP contribution >= 0.6 is 0 Å². The zero-order valence-electron chi connectivity index (χ0n) is 9.82. The number of alkyl halides is 3. The van der Waals surface area contributed by atoms with Gasteiger partial charge in [-0.25, -0.2) is 4.79 Å². The maximum atomic E-state index is 12.7. The quantitative estimate of drug-likeness (QED) is 0.615. The van der Waals surface area contributed by atoms with E-state index < -0.39 is 23.5 Å². The summed E-state index contributed by atoms with van der Waals surface area (Å²) in [6, 6.07) is 5.87. The van der Waals surface area contributed by atoms with Crippen LogP contribution in [-0.2, 0) is 6.18 Å². The third-order valence-electron chi connectivity index (χ3n) is 2.47. The van der Waals surface area contributed by atoms with E-state index in [1.807, 2.05) is 0 Å². The lowest BCUT2D eigenvalue weighted by Gasteiger charge is -2.12. The number of benzene rings is 1. The Morgan fingerprint density at radius 3 is 2.47 bits per heavy atom. The molecular weight excluding hydrogens is 261 g/mol. The van der Waals surface area contributed by atoms with E-state index in [2.05, 4.69) is 0 Å². The highest BCUT2D eigenvalue weighted by Crippen LogP contribution is 2.36. The maximum Gasteiger partial charge on any atom is 0.419 e. The molecule has 1 heterocycles. The zero-order chi connectivity index (χ0) is 14.0. The van der Waals surface area contributed by atoms with Crippen molar-refractivity contribution in [2.75, 3.05) is 0 Å². The Morgan fingerprint density at radius 2 is 1.89 bits per heavy atom. The topological polar surface area (TPSA) is 39.4 Å². The molecule has 0 fully saturated rings. The highest BCUT2D eigenvalue weighted by molar-refractivity contribution is 5.92. The molecule has 0 amide bonds. The average Bonchev–Trinajstić information content (AvgIpc) is 2.75. The van der Waals surface area contributed by atoms with Gasteiger partial charge in [0.25, 0.3) is 0 Å². The molecule has 1 aromatic heterocycles. The molecule has 0 spiro atoms. The largest absolute Gasteiger partial charge is 0.469 e. The number of rotatable bonds is 2. The summed E-state index contributed by atoms with van der Waals surface area (Å²) in [5.41, 5.74) is -0.901. The van der Waals surface area contributed by atoms with Crippen molar-refractivity contribution in [1.29, 1.82) is 0 Å². The minimum absolute atomic E-state index is 0.0944. The van der Waals surface area contributed by atoms with Crippen molar-refractivity contribution >= 4 is 5.97 Å². The summed E-state index contributed by atoms with van der Waals surface area (Å²) in [6.45, 7) is 1.52. The summed E-state index contributed by atoms with van der Waals surface area (Å²) in [6.07, 6.45) is -3.32. The average molecular weight is 270 g/mol. The van der Waals surface area contributed by atoms with Gasteiger partial charge in [0, 0.05) is 0 Å². The van der Waals surface area contributed by atoms with E-state index in [9.17, 15) is 18.0 Å². The van der Waals surface area contributed by atoms with E-state index in [0.29, 0.717) is 0 Å². The van der Waals surface area contributed by atoms with Crippen LogP contribution in [0.25, 0.3) is 0 Å². The maximum absolute atomic E-state index is 12.7. The van der Waals surface area contributed by atoms with Crippen molar-refractivity contribution in [3.05, 3.63) is 53.5 Å². The Labute approximate surface area is 106 Å².